The smallest absolute Gasteiger partial charge is 0.298 e. The van der Waals surface area contributed by atoms with E-state index in [2.05, 4.69) is 21.0 Å². The summed E-state index contributed by atoms with van der Waals surface area (Å²) in [4.78, 5) is 5.96. The van der Waals surface area contributed by atoms with E-state index in [-0.39, 0.29) is 22.9 Å². The molecule has 3 aromatic rings. The topological polar surface area (TPSA) is 58.4 Å². The second kappa shape index (κ2) is 11.4. The Morgan fingerprint density at radius 1 is 1.21 bits per heavy atom. The van der Waals surface area contributed by atoms with Crippen LogP contribution in [0.1, 0.15) is 29.5 Å². The van der Waals surface area contributed by atoms with Gasteiger partial charge >= 0.3 is 6.18 Å². The van der Waals surface area contributed by atoms with Crippen LogP contribution in [0, 0.1) is 0 Å². The van der Waals surface area contributed by atoms with Crippen LogP contribution in [0.3, 0.4) is 0 Å². The van der Waals surface area contributed by atoms with Gasteiger partial charge in [-0.3, -0.25) is 14.5 Å². The molecule has 0 saturated carbocycles. The van der Waals surface area contributed by atoms with Crippen LogP contribution in [0.5, 0.6) is 0 Å². The fourth-order valence-electron chi connectivity index (χ4n) is 5.29. The van der Waals surface area contributed by atoms with E-state index in [1.165, 1.54) is 23.3 Å². The largest absolute Gasteiger partial charge is 0.416 e. The van der Waals surface area contributed by atoms with Gasteiger partial charge in [-0.25, -0.2) is 8.42 Å². The van der Waals surface area contributed by atoms with Crippen molar-refractivity contribution in [1.82, 2.24) is 19.6 Å². The Bertz CT molecular complexity index is 1490. The zero-order chi connectivity index (χ0) is 27.8. The van der Waals surface area contributed by atoms with Crippen molar-refractivity contribution in [2.24, 2.45) is 0 Å². The number of thioether (sulfide) groups is 1. The van der Waals surface area contributed by atoms with Crippen molar-refractivity contribution in [1.29, 1.82) is 0 Å². The van der Waals surface area contributed by atoms with Crippen molar-refractivity contribution < 1.29 is 21.6 Å². The van der Waals surface area contributed by atoms with Crippen LogP contribution >= 0.6 is 23.4 Å². The lowest BCUT2D eigenvalue weighted by Gasteiger charge is -2.27. The molecule has 2 fully saturated rings. The monoisotopic (exact) mass is 598 g/mol. The predicted molar refractivity (Wildman–Crippen MR) is 152 cm³/mol. The first-order valence-electron chi connectivity index (χ1n) is 12.7. The molecule has 2 aromatic carbocycles. The van der Waals surface area contributed by atoms with Gasteiger partial charge in [0.05, 0.1) is 29.6 Å². The number of nitrogens with zero attached hydrogens (tertiary/aromatic N) is 4. The van der Waals surface area contributed by atoms with Crippen molar-refractivity contribution in [2.45, 2.75) is 31.6 Å². The normalized spacial score (nSPS) is 20.5. The number of fused-ring (bicyclic) bond motifs is 1. The molecule has 3 heterocycles. The van der Waals surface area contributed by atoms with Gasteiger partial charge in [-0.15, -0.1) is 11.8 Å². The van der Waals surface area contributed by atoms with E-state index < -0.39 is 21.6 Å². The minimum Gasteiger partial charge on any atom is -0.298 e. The third-order valence-electron chi connectivity index (χ3n) is 7.22. The highest BCUT2D eigenvalue weighted by Gasteiger charge is 2.34. The Kier molecular flexibility index (Phi) is 8.36. The quantitative estimate of drug-likeness (QED) is 0.336. The van der Waals surface area contributed by atoms with E-state index in [9.17, 15) is 21.6 Å². The van der Waals surface area contributed by atoms with Gasteiger partial charge in [0.15, 0.2) is 0 Å². The molecule has 2 aliphatic heterocycles. The maximum absolute atomic E-state index is 13.5. The second-order valence-corrected chi connectivity index (χ2v) is 14.0. The van der Waals surface area contributed by atoms with Crippen molar-refractivity contribution in [3.63, 3.8) is 0 Å². The molecular weight excluding hydrogens is 569 g/mol. The van der Waals surface area contributed by atoms with Crippen molar-refractivity contribution >= 4 is 50.2 Å². The number of halogens is 4. The summed E-state index contributed by atoms with van der Waals surface area (Å²) >= 11 is 7.62. The van der Waals surface area contributed by atoms with Crippen LogP contribution in [0.2, 0.25) is 5.02 Å². The van der Waals surface area contributed by atoms with Gasteiger partial charge in [-0.2, -0.15) is 18.3 Å². The van der Waals surface area contributed by atoms with Crippen molar-refractivity contribution in [2.75, 3.05) is 44.1 Å². The fraction of sp³-hybridized carbons (Fsp3) is 0.444. The lowest BCUT2D eigenvalue weighted by Crippen LogP contribution is -2.41. The maximum atomic E-state index is 13.5. The van der Waals surface area contributed by atoms with Crippen LogP contribution in [-0.2, 0) is 22.6 Å². The summed E-state index contributed by atoms with van der Waals surface area (Å²) < 4.78 is 65.3. The summed E-state index contributed by atoms with van der Waals surface area (Å²) in [6.45, 7) is 3.30. The number of hydrogen-bond donors (Lipinski definition) is 0. The Labute approximate surface area is 235 Å². The summed E-state index contributed by atoms with van der Waals surface area (Å²) in [5, 5.41) is 5.26. The van der Waals surface area contributed by atoms with Crippen LogP contribution in [0.25, 0.3) is 17.0 Å². The number of alkyl halides is 3. The van der Waals surface area contributed by atoms with Crippen molar-refractivity contribution in [3.05, 3.63) is 69.2 Å². The summed E-state index contributed by atoms with van der Waals surface area (Å²) in [5.41, 5.74) is 1.14. The van der Waals surface area contributed by atoms with E-state index in [0.29, 0.717) is 12.6 Å². The lowest BCUT2D eigenvalue weighted by atomic mass is 10.1. The maximum Gasteiger partial charge on any atom is 0.416 e. The molecule has 6 nitrogen and oxygen atoms in total. The molecule has 0 spiro atoms. The number of sulfone groups is 1. The molecule has 0 aliphatic carbocycles. The molecular formula is C27H30ClF3N4O2S2. The molecule has 0 N–H and O–H groups in total. The van der Waals surface area contributed by atoms with Crippen LogP contribution in [-0.4, -0.2) is 78.1 Å². The van der Waals surface area contributed by atoms with Crippen molar-refractivity contribution in [3.8, 4) is 0 Å². The molecule has 0 bridgehead atoms. The highest BCUT2D eigenvalue weighted by molar-refractivity contribution is 8.03. The molecule has 39 heavy (non-hydrogen) atoms. The summed E-state index contributed by atoms with van der Waals surface area (Å²) in [5.74, 6) is 1.09. The molecule has 1 aromatic heterocycles. The zero-order valence-corrected chi connectivity index (χ0v) is 23.9. The van der Waals surface area contributed by atoms with E-state index in [1.54, 1.807) is 22.6 Å². The standard InChI is InChI=1S/C27H30ClF3N4O2S2/c1-39(36,37)10-9-34-8-2-3-23(34)16-33-17-24(38-18-33)12-19-4-7-26-21(11-19)14-32-35(26)15-20-5-6-22(28)13-25(20)27(29,30)31/h4-7,11-14,23H,2-3,8-10,15-18H2,1H3/t23-/m0/s1. The number of likely N-dealkylation sites (tertiary alicyclic amines) is 1. The van der Waals surface area contributed by atoms with Gasteiger partial charge < -0.3 is 0 Å². The fourth-order valence-corrected chi connectivity index (χ4v) is 7.06. The van der Waals surface area contributed by atoms with Gasteiger partial charge in [0.2, 0.25) is 0 Å². The second-order valence-electron chi connectivity index (χ2n) is 10.3. The average Bonchev–Trinajstić information content (AvgIpc) is 3.59. The minimum atomic E-state index is -4.50. The predicted octanol–water partition coefficient (Wildman–Crippen LogP) is 5.61. The van der Waals surface area contributed by atoms with Gasteiger partial charge in [0.25, 0.3) is 0 Å². The Hall–Kier alpha value is -2.05. The average molecular weight is 599 g/mol. The van der Waals surface area contributed by atoms with E-state index in [0.717, 1.165) is 60.9 Å². The molecule has 5 rings (SSSR count). The minimum absolute atomic E-state index is 0.0108. The molecule has 2 saturated heterocycles. The Morgan fingerprint density at radius 2 is 2.03 bits per heavy atom. The van der Waals surface area contributed by atoms with E-state index >= 15 is 0 Å². The SMILES string of the molecule is CS(=O)(=O)CCN1CCC[C@H]1CN1CSC(=Cc2ccc3c(cnn3Cc3ccc(Cl)cc3C(F)(F)F)c2)C1. The van der Waals surface area contributed by atoms with Crippen LogP contribution < -0.4 is 0 Å². The Balaban J connectivity index is 1.24. The highest BCUT2D eigenvalue weighted by atomic mass is 35.5. The summed E-state index contributed by atoms with van der Waals surface area (Å²) in [7, 11) is -2.97. The number of aromatic nitrogens is 2. The lowest BCUT2D eigenvalue weighted by molar-refractivity contribution is -0.138. The number of rotatable bonds is 8. The number of benzene rings is 2. The molecule has 0 amide bonds. The molecule has 0 radical (unpaired) electrons. The Morgan fingerprint density at radius 3 is 2.79 bits per heavy atom. The zero-order valence-electron chi connectivity index (χ0n) is 21.5. The third kappa shape index (κ3) is 7.18. The summed E-state index contributed by atoms with van der Waals surface area (Å²) in [6, 6.07) is 10.1. The first-order valence-corrected chi connectivity index (χ1v) is 16.2. The molecule has 12 heteroatoms. The van der Waals surface area contributed by atoms with Gasteiger partial charge in [-0.05, 0) is 60.9 Å². The van der Waals surface area contributed by atoms with Crippen LogP contribution in [0.15, 0.2) is 47.5 Å². The highest BCUT2D eigenvalue weighted by Crippen LogP contribution is 2.35. The van der Waals surface area contributed by atoms with E-state index in [4.69, 9.17) is 11.6 Å². The molecule has 210 valence electrons. The molecule has 1 atom stereocenters. The first-order chi connectivity index (χ1) is 18.4. The number of hydrogen-bond acceptors (Lipinski definition) is 6. The third-order valence-corrected chi connectivity index (χ3v) is 9.49. The molecule has 2 aliphatic rings. The molecule has 0 unspecified atom stereocenters. The first kappa shape index (κ1) is 28.5. The van der Waals surface area contributed by atoms with Gasteiger partial charge in [-0.1, -0.05) is 23.7 Å². The van der Waals surface area contributed by atoms with Gasteiger partial charge in [0.1, 0.15) is 9.84 Å². The van der Waals surface area contributed by atoms with Gasteiger partial charge in [0, 0.05) is 53.1 Å². The van der Waals surface area contributed by atoms with E-state index in [1.807, 2.05) is 18.2 Å². The summed E-state index contributed by atoms with van der Waals surface area (Å²) in [6.07, 6.45) is 2.81. The van der Waals surface area contributed by atoms with Crippen LogP contribution in [0.4, 0.5) is 13.2 Å².